The van der Waals surface area contributed by atoms with E-state index in [1.165, 1.54) is 0 Å². The molecule has 0 aliphatic carbocycles. The van der Waals surface area contributed by atoms with Crippen LogP contribution in [0.1, 0.15) is 22.5 Å². The highest BCUT2D eigenvalue weighted by atomic mass is 35.5. The van der Waals surface area contributed by atoms with Crippen molar-refractivity contribution in [2.24, 2.45) is 0 Å². The van der Waals surface area contributed by atoms with Crippen molar-refractivity contribution in [3.63, 3.8) is 0 Å². The molecule has 0 aliphatic rings. The predicted molar refractivity (Wildman–Crippen MR) is 44.3 cm³/mol. The van der Waals surface area contributed by atoms with Crippen LogP contribution in [0.3, 0.4) is 0 Å². The third-order valence-electron chi connectivity index (χ3n) is 1.37. The van der Waals surface area contributed by atoms with Crippen LogP contribution >= 0.6 is 23.2 Å². The second kappa shape index (κ2) is 4.14. The molecule has 0 N–H and O–H groups in total. The van der Waals surface area contributed by atoms with E-state index in [-0.39, 0.29) is 0 Å². The second-order valence-corrected chi connectivity index (χ2v) is 3.01. The highest BCUT2D eigenvalue weighted by Crippen LogP contribution is 2.28. The van der Waals surface area contributed by atoms with Crippen molar-refractivity contribution < 1.29 is 18.0 Å². The van der Waals surface area contributed by atoms with Crippen LogP contribution in [0.5, 0.6) is 0 Å². The lowest BCUT2D eigenvalue weighted by atomic mass is 10.2. The molecule has 0 fully saturated rings. The molecule has 0 unspecified atom stereocenters. The molecule has 0 atom stereocenters. The van der Waals surface area contributed by atoms with Gasteiger partial charge in [-0.05, 0) is 11.6 Å². The second-order valence-electron chi connectivity index (χ2n) is 2.26. The van der Waals surface area contributed by atoms with Crippen molar-refractivity contribution in [3.8, 4) is 0 Å². The van der Waals surface area contributed by atoms with E-state index in [2.05, 4.69) is 4.98 Å². The largest absolute Gasteiger partial charge is 0.281 e. The topological polar surface area (TPSA) is 30.0 Å². The number of nitrogens with zero attached hydrogens (tertiary/aromatic N) is 1. The Bertz CT molecular complexity index is 383. The number of hydrogen-bond donors (Lipinski definition) is 0. The van der Waals surface area contributed by atoms with E-state index in [0.29, 0.717) is 6.07 Å². The Morgan fingerprint density at radius 1 is 1.50 bits per heavy atom. The van der Waals surface area contributed by atoms with E-state index in [0.717, 1.165) is 0 Å². The molecule has 0 saturated carbocycles. The summed E-state index contributed by atoms with van der Waals surface area (Å²) in [4.78, 5) is 13.5. The van der Waals surface area contributed by atoms with Crippen LogP contribution in [0.25, 0.3) is 0 Å². The molecule has 0 aliphatic heterocycles. The fourth-order valence-electron chi connectivity index (χ4n) is 0.855. The van der Waals surface area contributed by atoms with Gasteiger partial charge in [0.2, 0.25) is 5.95 Å². The van der Waals surface area contributed by atoms with E-state index in [9.17, 15) is 18.0 Å². The van der Waals surface area contributed by atoms with Crippen LogP contribution in [-0.4, -0.2) is 10.2 Å². The summed E-state index contributed by atoms with van der Waals surface area (Å²) in [5, 5.41) is -1.68. The van der Waals surface area contributed by atoms with Crippen LogP contribution in [0.2, 0.25) is 5.02 Å². The highest BCUT2D eigenvalue weighted by molar-refractivity contribution is 6.69. The average molecular weight is 244 g/mol. The molecule has 0 radical (unpaired) electrons. The van der Waals surface area contributed by atoms with Gasteiger partial charge in [0.25, 0.3) is 11.7 Å². The Kier molecular flexibility index (Phi) is 3.34. The minimum atomic E-state index is -3.11. The molecule has 1 heterocycles. The van der Waals surface area contributed by atoms with Gasteiger partial charge in [0.05, 0.1) is 10.6 Å². The first kappa shape index (κ1) is 11.3. The fraction of sp³-hybridized carbons (Fsp3) is 0.143. The summed E-state index contributed by atoms with van der Waals surface area (Å²) in [5.74, 6) is -1.19. The summed E-state index contributed by atoms with van der Waals surface area (Å²) >= 11 is 10.3. The Morgan fingerprint density at radius 2 is 2.07 bits per heavy atom. The lowest BCUT2D eigenvalue weighted by molar-refractivity contribution is 0.106. The van der Waals surface area contributed by atoms with Crippen molar-refractivity contribution in [2.45, 2.75) is 6.43 Å². The van der Waals surface area contributed by atoms with Crippen LogP contribution in [0.4, 0.5) is 13.2 Å². The average Bonchev–Trinajstić information content (AvgIpc) is 2.01. The number of aromatic nitrogens is 1. The molecule has 0 bridgehead atoms. The quantitative estimate of drug-likeness (QED) is 0.590. The van der Waals surface area contributed by atoms with Gasteiger partial charge in [0, 0.05) is 6.07 Å². The number of halogens is 5. The van der Waals surface area contributed by atoms with E-state index in [1.807, 2.05) is 0 Å². The lowest BCUT2D eigenvalue weighted by Gasteiger charge is -2.05. The van der Waals surface area contributed by atoms with E-state index >= 15 is 0 Å². The van der Waals surface area contributed by atoms with Crippen molar-refractivity contribution in [1.29, 1.82) is 0 Å². The summed E-state index contributed by atoms with van der Waals surface area (Å²) in [6.45, 7) is 0. The molecule has 2 nitrogen and oxygen atoms in total. The third kappa shape index (κ3) is 2.16. The molecular weight excluding hydrogens is 242 g/mol. The van der Waals surface area contributed by atoms with Gasteiger partial charge in [-0.2, -0.15) is 4.39 Å². The third-order valence-corrected chi connectivity index (χ3v) is 1.86. The molecule has 1 aromatic rings. The van der Waals surface area contributed by atoms with Crippen molar-refractivity contribution in [1.82, 2.24) is 4.98 Å². The maximum atomic E-state index is 12.5. The van der Waals surface area contributed by atoms with Crippen LogP contribution in [0, 0.1) is 5.95 Å². The van der Waals surface area contributed by atoms with Crippen molar-refractivity contribution in [3.05, 3.63) is 28.3 Å². The molecule has 1 rings (SSSR count). The SMILES string of the molecule is O=C(Cl)c1c(Cl)cc(F)nc1C(F)F. The van der Waals surface area contributed by atoms with Gasteiger partial charge < -0.3 is 0 Å². The molecule has 0 aromatic carbocycles. The normalized spacial score (nSPS) is 10.7. The lowest BCUT2D eigenvalue weighted by Crippen LogP contribution is -2.04. The highest BCUT2D eigenvalue weighted by Gasteiger charge is 2.23. The number of pyridine rings is 1. The van der Waals surface area contributed by atoms with Gasteiger partial charge in [-0.25, -0.2) is 13.8 Å². The molecule has 0 amide bonds. The maximum absolute atomic E-state index is 12.5. The van der Waals surface area contributed by atoms with Crippen molar-refractivity contribution >= 4 is 28.4 Å². The van der Waals surface area contributed by atoms with Crippen LogP contribution in [0.15, 0.2) is 6.07 Å². The molecule has 7 heteroatoms. The minimum Gasteiger partial charge on any atom is -0.275 e. The first-order valence-electron chi connectivity index (χ1n) is 3.27. The van der Waals surface area contributed by atoms with Gasteiger partial charge in [-0.1, -0.05) is 11.6 Å². The zero-order valence-corrected chi connectivity index (χ0v) is 7.91. The first-order chi connectivity index (χ1) is 6.43. The van der Waals surface area contributed by atoms with Gasteiger partial charge in [0.15, 0.2) is 0 Å². The van der Waals surface area contributed by atoms with Gasteiger partial charge in [-0.15, -0.1) is 0 Å². The van der Waals surface area contributed by atoms with Crippen LogP contribution in [-0.2, 0) is 0 Å². The van der Waals surface area contributed by atoms with Gasteiger partial charge >= 0.3 is 0 Å². The van der Waals surface area contributed by atoms with Gasteiger partial charge in [0.1, 0.15) is 5.69 Å². The fourth-order valence-corrected chi connectivity index (χ4v) is 1.37. The number of carbonyl (C=O) groups is 1. The molecule has 1 aromatic heterocycles. The number of alkyl halides is 2. The summed E-state index contributed by atoms with van der Waals surface area (Å²) in [6.07, 6.45) is -3.11. The molecule has 0 saturated heterocycles. The Hall–Kier alpha value is -0.810. The Balaban J connectivity index is 3.44. The minimum absolute atomic E-state index is 0.479. The van der Waals surface area contributed by atoms with Crippen molar-refractivity contribution in [2.75, 3.05) is 0 Å². The Labute approximate surface area is 86.6 Å². The van der Waals surface area contributed by atoms with E-state index in [4.69, 9.17) is 23.2 Å². The summed E-state index contributed by atoms with van der Waals surface area (Å²) in [6, 6.07) is 0.642. The summed E-state index contributed by atoms with van der Waals surface area (Å²) in [5.41, 5.74) is -1.71. The Morgan fingerprint density at radius 3 is 2.50 bits per heavy atom. The number of rotatable bonds is 2. The molecule has 76 valence electrons. The zero-order valence-electron chi connectivity index (χ0n) is 6.40. The summed E-state index contributed by atoms with van der Waals surface area (Å²) < 4.78 is 37.0. The summed E-state index contributed by atoms with van der Waals surface area (Å²) in [7, 11) is 0. The smallest absolute Gasteiger partial charge is 0.275 e. The van der Waals surface area contributed by atoms with Crippen LogP contribution < -0.4 is 0 Å². The van der Waals surface area contributed by atoms with E-state index in [1.54, 1.807) is 0 Å². The molecule has 14 heavy (non-hydrogen) atoms. The van der Waals surface area contributed by atoms with Gasteiger partial charge in [-0.3, -0.25) is 4.79 Å². The first-order valence-corrected chi connectivity index (χ1v) is 4.03. The standard InChI is InChI=1S/C7H2Cl2F3NO/c8-2-1-3(10)13-5(7(11)12)4(2)6(9)14/h1,7H. The monoisotopic (exact) mass is 243 g/mol. The maximum Gasteiger partial charge on any atom is 0.281 e. The molecular formula is C7H2Cl2F3NO. The zero-order chi connectivity index (χ0) is 10.9. The number of carbonyl (C=O) groups excluding carboxylic acids is 1. The van der Waals surface area contributed by atoms with E-state index < -0.39 is 33.9 Å². The predicted octanol–water partition coefficient (Wildman–Crippen LogP) is 3.19. The number of hydrogen-bond acceptors (Lipinski definition) is 2. The molecule has 0 spiro atoms.